The Balaban J connectivity index is 1.69. The molecule has 1 amide bonds. The topological polar surface area (TPSA) is 103 Å². The number of thioether (sulfide) groups is 1. The molecule has 0 aliphatic rings. The maximum atomic E-state index is 12.2. The first-order chi connectivity index (χ1) is 13.5. The maximum Gasteiger partial charge on any atom is 0.271 e. The molecule has 0 saturated carbocycles. The number of nitro groups is 1. The molecule has 1 N–H and O–H groups in total. The van der Waals surface area contributed by atoms with Gasteiger partial charge in [0.1, 0.15) is 0 Å². The van der Waals surface area contributed by atoms with Gasteiger partial charge in [-0.3, -0.25) is 14.9 Å². The number of nitrogens with one attached hydrogen (secondary N) is 1. The van der Waals surface area contributed by atoms with Crippen molar-refractivity contribution in [2.24, 2.45) is 0 Å². The molecule has 2 aromatic carbocycles. The molecule has 3 rings (SSSR count). The van der Waals surface area contributed by atoms with Crippen LogP contribution >= 0.6 is 27.7 Å². The summed E-state index contributed by atoms with van der Waals surface area (Å²) in [6.45, 7) is 2.63. The fraction of sp³-hybridized carbons (Fsp3) is 0.167. The van der Waals surface area contributed by atoms with Crippen molar-refractivity contribution < 1.29 is 9.72 Å². The molecule has 0 atom stereocenters. The summed E-state index contributed by atoms with van der Waals surface area (Å²) in [5.41, 5.74) is 1.23. The number of amides is 1. The van der Waals surface area contributed by atoms with Crippen molar-refractivity contribution >= 4 is 45.0 Å². The van der Waals surface area contributed by atoms with Gasteiger partial charge in [-0.25, -0.2) is 0 Å². The number of carbonyl (C=O) groups is 1. The minimum Gasteiger partial charge on any atom is -0.325 e. The largest absolute Gasteiger partial charge is 0.325 e. The van der Waals surface area contributed by atoms with Crippen LogP contribution < -0.4 is 5.32 Å². The number of aromatic nitrogens is 3. The lowest BCUT2D eigenvalue weighted by atomic mass is 10.2. The lowest BCUT2D eigenvalue weighted by molar-refractivity contribution is -0.384. The van der Waals surface area contributed by atoms with Crippen LogP contribution in [0.1, 0.15) is 6.92 Å². The number of nitro benzene ring substituents is 1. The van der Waals surface area contributed by atoms with E-state index >= 15 is 0 Å². The van der Waals surface area contributed by atoms with Crippen molar-refractivity contribution in [1.29, 1.82) is 0 Å². The molecule has 144 valence electrons. The number of rotatable bonds is 7. The third kappa shape index (κ3) is 4.57. The average Bonchev–Trinajstić information content (AvgIpc) is 3.09. The predicted octanol–water partition coefficient (Wildman–Crippen LogP) is 4.37. The fourth-order valence-electron chi connectivity index (χ4n) is 2.55. The number of halogens is 1. The highest BCUT2D eigenvalue weighted by atomic mass is 79.9. The van der Waals surface area contributed by atoms with Crippen LogP contribution in [0.2, 0.25) is 0 Å². The summed E-state index contributed by atoms with van der Waals surface area (Å²) >= 11 is 4.78. The zero-order valence-electron chi connectivity index (χ0n) is 14.8. The molecule has 3 aromatic rings. The highest BCUT2D eigenvalue weighted by Gasteiger charge is 2.16. The van der Waals surface area contributed by atoms with Crippen molar-refractivity contribution in [1.82, 2.24) is 14.8 Å². The van der Waals surface area contributed by atoms with Crippen LogP contribution in [0.5, 0.6) is 0 Å². The van der Waals surface area contributed by atoms with Crippen LogP contribution in [-0.4, -0.2) is 31.3 Å². The molecule has 1 heterocycles. The zero-order chi connectivity index (χ0) is 20.1. The molecule has 28 heavy (non-hydrogen) atoms. The Morgan fingerprint density at radius 1 is 1.25 bits per heavy atom. The normalized spacial score (nSPS) is 10.6. The Morgan fingerprint density at radius 2 is 2.04 bits per heavy atom. The summed E-state index contributed by atoms with van der Waals surface area (Å²) in [4.78, 5) is 22.6. The fourth-order valence-corrected chi connectivity index (χ4v) is 3.81. The number of benzene rings is 2. The summed E-state index contributed by atoms with van der Waals surface area (Å²) in [7, 11) is 0. The number of hydrogen-bond donors (Lipinski definition) is 1. The first kappa shape index (κ1) is 20.0. The summed E-state index contributed by atoms with van der Waals surface area (Å²) in [5, 5.41) is 22.6. The molecule has 0 aliphatic heterocycles. The molecule has 0 bridgehead atoms. The molecule has 0 radical (unpaired) electrons. The van der Waals surface area contributed by atoms with Gasteiger partial charge in [0.15, 0.2) is 11.0 Å². The number of hydrogen-bond acceptors (Lipinski definition) is 6. The Labute approximate surface area is 173 Å². The van der Waals surface area contributed by atoms with Gasteiger partial charge in [-0.05, 0) is 19.1 Å². The first-order valence-electron chi connectivity index (χ1n) is 8.34. The smallest absolute Gasteiger partial charge is 0.271 e. The Hall–Kier alpha value is -2.72. The van der Waals surface area contributed by atoms with Crippen molar-refractivity contribution in [3.63, 3.8) is 0 Å². The lowest BCUT2D eigenvalue weighted by Gasteiger charge is -2.09. The number of carbonyl (C=O) groups excluding carboxylic acids is 1. The van der Waals surface area contributed by atoms with E-state index in [1.165, 1.54) is 30.0 Å². The van der Waals surface area contributed by atoms with E-state index in [4.69, 9.17) is 0 Å². The molecule has 0 fully saturated rings. The van der Waals surface area contributed by atoms with Gasteiger partial charge in [-0.15, -0.1) is 10.2 Å². The summed E-state index contributed by atoms with van der Waals surface area (Å²) < 4.78 is 2.85. The van der Waals surface area contributed by atoms with E-state index in [-0.39, 0.29) is 17.3 Å². The van der Waals surface area contributed by atoms with Crippen molar-refractivity contribution in [2.75, 3.05) is 11.1 Å². The molecule has 0 saturated heterocycles. The van der Waals surface area contributed by atoms with Crippen LogP contribution in [0.3, 0.4) is 0 Å². The second-order valence-corrected chi connectivity index (χ2v) is 7.47. The minimum absolute atomic E-state index is 0.0748. The second kappa shape index (κ2) is 8.98. The van der Waals surface area contributed by atoms with Crippen LogP contribution in [0.15, 0.2) is 58.2 Å². The second-order valence-electron chi connectivity index (χ2n) is 5.67. The van der Waals surface area contributed by atoms with E-state index in [0.29, 0.717) is 17.4 Å². The van der Waals surface area contributed by atoms with Gasteiger partial charge in [0, 0.05) is 34.4 Å². The highest BCUT2D eigenvalue weighted by Crippen LogP contribution is 2.29. The summed E-state index contributed by atoms with van der Waals surface area (Å²) in [6.07, 6.45) is 0. The molecule has 1 aromatic heterocycles. The molecule has 0 spiro atoms. The van der Waals surface area contributed by atoms with Crippen LogP contribution in [0.25, 0.3) is 11.4 Å². The van der Waals surface area contributed by atoms with Gasteiger partial charge in [0.05, 0.1) is 10.7 Å². The molecular formula is C18H16BrN5O3S. The molecular weight excluding hydrogens is 446 g/mol. The number of anilines is 1. The van der Waals surface area contributed by atoms with E-state index in [2.05, 4.69) is 31.4 Å². The van der Waals surface area contributed by atoms with Crippen LogP contribution in [0, 0.1) is 10.1 Å². The standard InChI is InChI=1S/C18H16BrN5O3S/c1-2-23-17(14-8-3-4-9-15(14)19)21-22-18(23)28-11-16(25)20-12-6-5-7-13(10-12)24(26)27/h3-10H,2,11H2,1H3,(H,20,25). The van der Waals surface area contributed by atoms with Crippen LogP contribution in [0.4, 0.5) is 11.4 Å². The van der Waals surface area contributed by atoms with Gasteiger partial charge in [-0.1, -0.05) is 52.0 Å². The van der Waals surface area contributed by atoms with E-state index in [0.717, 1.165) is 15.9 Å². The third-order valence-electron chi connectivity index (χ3n) is 3.82. The van der Waals surface area contributed by atoms with E-state index in [9.17, 15) is 14.9 Å². The Kier molecular flexibility index (Phi) is 6.42. The number of non-ortho nitro benzene ring substituents is 1. The monoisotopic (exact) mass is 461 g/mol. The lowest BCUT2D eigenvalue weighted by Crippen LogP contribution is -2.14. The summed E-state index contributed by atoms with van der Waals surface area (Å²) in [6, 6.07) is 13.6. The van der Waals surface area contributed by atoms with E-state index in [1.54, 1.807) is 6.07 Å². The highest BCUT2D eigenvalue weighted by molar-refractivity contribution is 9.10. The predicted molar refractivity (Wildman–Crippen MR) is 111 cm³/mol. The quantitative estimate of drug-likeness (QED) is 0.318. The van der Waals surface area contributed by atoms with Crippen molar-refractivity contribution in [3.05, 3.63) is 63.1 Å². The minimum atomic E-state index is -0.503. The Morgan fingerprint density at radius 3 is 2.75 bits per heavy atom. The molecule has 0 aliphatic carbocycles. The van der Waals surface area contributed by atoms with Crippen LogP contribution in [-0.2, 0) is 11.3 Å². The molecule has 0 unspecified atom stereocenters. The van der Waals surface area contributed by atoms with Gasteiger partial charge in [0.2, 0.25) is 5.91 Å². The maximum absolute atomic E-state index is 12.2. The zero-order valence-corrected chi connectivity index (χ0v) is 17.2. The Bertz CT molecular complexity index is 1020. The summed E-state index contributed by atoms with van der Waals surface area (Å²) in [5.74, 6) is 0.548. The molecule has 10 heteroatoms. The van der Waals surface area contributed by atoms with Crippen molar-refractivity contribution in [3.8, 4) is 11.4 Å². The van der Waals surface area contributed by atoms with Gasteiger partial charge in [0.25, 0.3) is 5.69 Å². The van der Waals surface area contributed by atoms with Crippen molar-refractivity contribution in [2.45, 2.75) is 18.6 Å². The SMILES string of the molecule is CCn1c(SCC(=O)Nc2cccc([N+](=O)[O-])c2)nnc1-c1ccccc1Br. The van der Waals surface area contributed by atoms with Gasteiger partial charge in [-0.2, -0.15) is 0 Å². The molecule has 8 nitrogen and oxygen atoms in total. The van der Waals surface area contributed by atoms with E-state index in [1.807, 2.05) is 35.8 Å². The number of nitrogens with zero attached hydrogens (tertiary/aromatic N) is 4. The average molecular weight is 462 g/mol. The first-order valence-corrected chi connectivity index (χ1v) is 10.1. The van der Waals surface area contributed by atoms with Gasteiger partial charge < -0.3 is 9.88 Å². The van der Waals surface area contributed by atoms with E-state index < -0.39 is 4.92 Å². The van der Waals surface area contributed by atoms with Gasteiger partial charge >= 0.3 is 0 Å². The third-order valence-corrected chi connectivity index (χ3v) is 5.48.